The van der Waals surface area contributed by atoms with Crippen LogP contribution >= 0.6 is 11.3 Å². The van der Waals surface area contributed by atoms with E-state index in [2.05, 4.69) is 15.8 Å². The van der Waals surface area contributed by atoms with Crippen molar-refractivity contribution >= 4 is 35.3 Å². The van der Waals surface area contributed by atoms with Crippen molar-refractivity contribution < 1.29 is 33.3 Å². The maximum atomic E-state index is 12.4. The number of nitrogens with one attached hydrogen (secondary N) is 2. The summed E-state index contributed by atoms with van der Waals surface area (Å²) in [7, 11) is 4.34. The largest absolute Gasteiger partial charge is 0.493 e. The number of hydrogen-bond donors (Lipinski definition) is 2. The summed E-state index contributed by atoms with van der Waals surface area (Å²) in [6.45, 7) is -0.301. The van der Waals surface area contributed by atoms with Gasteiger partial charge < -0.3 is 24.3 Å². The van der Waals surface area contributed by atoms with Crippen LogP contribution in [-0.2, 0) is 4.79 Å². The van der Waals surface area contributed by atoms with Crippen LogP contribution in [-0.4, -0.2) is 51.9 Å². The molecule has 0 spiro atoms. The highest BCUT2D eigenvalue weighted by Crippen LogP contribution is 2.38. The summed E-state index contributed by atoms with van der Waals surface area (Å²) in [4.78, 5) is 37.0. The van der Waals surface area contributed by atoms with Gasteiger partial charge in [0.15, 0.2) is 11.5 Å². The van der Waals surface area contributed by atoms with Crippen LogP contribution in [0.25, 0.3) is 0 Å². The zero-order chi connectivity index (χ0) is 25.2. The van der Waals surface area contributed by atoms with Crippen LogP contribution in [0.15, 0.2) is 59.0 Å². The Hall–Kier alpha value is -4.38. The van der Waals surface area contributed by atoms with E-state index in [9.17, 15) is 14.4 Å². The molecule has 0 aliphatic rings. The summed E-state index contributed by atoms with van der Waals surface area (Å²) in [5.74, 6) is -0.0787. The van der Waals surface area contributed by atoms with Crippen LogP contribution in [0.5, 0.6) is 23.0 Å². The summed E-state index contributed by atoms with van der Waals surface area (Å²) in [5, 5.41) is 8.16. The van der Waals surface area contributed by atoms with E-state index in [1.165, 1.54) is 51.0 Å². The fourth-order valence-corrected chi connectivity index (χ4v) is 3.47. The van der Waals surface area contributed by atoms with Gasteiger partial charge in [0.2, 0.25) is 5.75 Å². The molecule has 2 aromatic carbocycles. The van der Waals surface area contributed by atoms with Crippen LogP contribution in [0.1, 0.15) is 25.6 Å². The molecule has 0 aliphatic heterocycles. The average Bonchev–Trinajstić information content (AvgIpc) is 3.42. The average molecular weight is 498 g/mol. The summed E-state index contributed by atoms with van der Waals surface area (Å²) >= 11 is 1.30. The van der Waals surface area contributed by atoms with E-state index in [1.807, 2.05) is 0 Å². The first-order valence-electron chi connectivity index (χ1n) is 10.2. The molecule has 0 saturated carbocycles. The minimum Gasteiger partial charge on any atom is -0.493 e. The van der Waals surface area contributed by atoms with Gasteiger partial charge in [-0.2, -0.15) is 5.10 Å². The van der Waals surface area contributed by atoms with Gasteiger partial charge in [-0.1, -0.05) is 6.07 Å². The van der Waals surface area contributed by atoms with Crippen molar-refractivity contribution in [2.75, 3.05) is 27.9 Å². The van der Waals surface area contributed by atoms with Crippen molar-refractivity contribution in [2.24, 2.45) is 5.10 Å². The molecule has 0 fully saturated rings. The molecule has 182 valence electrons. The van der Waals surface area contributed by atoms with Crippen molar-refractivity contribution in [2.45, 2.75) is 0 Å². The molecule has 2 N–H and O–H groups in total. The Bertz CT molecular complexity index is 1180. The Morgan fingerprint density at radius 2 is 1.66 bits per heavy atom. The van der Waals surface area contributed by atoms with Crippen molar-refractivity contribution in [3.63, 3.8) is 0 Å². The zero-order valence-corrected chi connectivity index (χ0v) is 20.0. The second-order valence-corrected chi connectivity index (χ2v) is 7.77. The topological polar surface area (TPSA) is 125 Å². The van der Waals surface area contributed by atoms with Crippen LogP contribution in [0.4, 0.5) is 0 Å². The Labute approximate surface area is 205 Å². The lowest BCUT2D eigenvalue weighted by Crippen LogP contribution is -2.34. The zero-order valence-electron chi connectivity index (χ0n) is 19.2. The number of amides is 2. The second-order valence-electron chi connectivity index (χ2n) is 6.83. The number of esters is 1. The Morgan fingerprint density at radius 1 is 0.971 bits per heavy atom. The van der Waals surface area contributed by atoms with E-state index in [0.29, 0.717) is 33.4 Å². The Morgan fingerprint density at radius 3 is 2.23 bits per heavy atom. The molecule has 3 rings (SSSR count). The third kappa shape index (κ3) is 6.81. The monoisotopic (exact) mass is 497 g/mol. The predicted octanol–water partition coefficient (Wildman–Crippen LogP) is 2.87. The van der Waals surface area contributed by atoms with Crippen LogP contribution in [0, 0.1) is 0 Å². The number of rotatable bonds is 10. The molecule has 0 bridgehead atoms. The summed E-state index contributed by atoms with van der Waals surface area (Å²) in [6.07, 6.45) is 1.42. The first kappa shape index (κ1) is 25.2. The van der Waals surface area contributed by atoms with E-state index in [1.54, 1.807) is 41.8 Å². The van der Waals surface area contributed by atoms with Gasteiger partial charge in [-0.3, -0.25) is 9.59 Å². The molecule has 1 aromatic heterocycles. The molecule has 0 aliphatic carbocycles. The number of carbonyl (C=O) groups is 3. The maximum absolute atomic E-state index is 12.4. The lowest BCUT2D eigenvalue weighted by molar-refractivity contribution is -0.120. The van der Waals surface area contributed by atoms with Gasteiger partial charge >= 0.3 is 5.97 Å². The molecule has 2 amide bonds. The van der Waals surface area contributed by atoms with E-state index in [0.717, 1.165) is 0 Å². The third-order valence-electron chi connectivity index (χ3n) is 4.55. The van der Waals surface area contributed by atoms with Gasteiger partial charge in [-0.25, -0.2) is 10.2 Å². The van der Waals surface area contributed by atoms with Gasteiger partial charge in [0.1, 0.15) is 10.6 Å². The van der Waals surface area contributed by atoms with Crippen molar-refractivity contribution in [1.82, 2.24) is 10.7 Å². The number of ether oxygens (including phenoxy) is 4. The molecule has 11 heteroatoms. The van der Waals surface area contributed by atoms with Gasteiger partial charge in [-0.05, 0) is 53.4 Å². The highest BCUT2D eigenvalue weighted by molar-refractivity contribution is 7.12. The van der Waals surface area contributed by atoms with Gasteiger partial charge in [0.25, 0.3) is 11.8 Å². The second kappa shape index (κ2) is 12.2. The molecule has 0 atom stereocenters. The van der Waals surface area contributed by atoms with E-state index < -0.39 is 17.8 Å². The fraction of sp³-hybridized carbons (Fsp3) is 0.167. The van der Waals surface area contributed by atoms with Gasteiger partial charge in [0, 0.05) is 5.56 Å². The minimum absolute atomic E-state index is 0.232. The van der Waals surface area contributed by atoms with Crippen molar-refractivity contribution in [1.29, 1.82) is 0 Å². The van der Waals surface area contributed by atoms with Crippen LogP contribution in [0.2, 0.25) is 0 Å². The van der Waals surface area contributed by atoms with E-state index in [4.69, 9.17) is 18.9 Å². The SMILES string of the molecule is COc1cc(C(=O)NCC(=O)N/N=C\c2ccc(OC(=O)c3cccs3)cc2)cc(OC)c1OC. The van der Waals surface area contributed by atoms with Crippen LogP contribution in [0.3, 0.4) is 0 Å². The number of benzene rings is 2. The Kier molecular flexibility index (Phi) is 8.79. The molecule has 1 heterocycles. The van der Waals surface area contributed by atoms with Gasteiger partial charge in [0.05, 0.1) is 34.1 Å². The van der Waals surface area contributed by atoms with Crippen molar-refractivity contribution in [3.05, 3.63) is 69.9 Å². The first-order valence-corrected chi connectivity index (χ1v) is 11.1. The number of hydrogen-bond acceptors (Lipinski definition) is 9. The standard InChI is InChI=1S/C24H23N3O7S/c1-31-18-11-16(12-19(32-2)22(18)33-3)23(29)25-14-21(28)27-26-13-15-6-8-17(9-7-15)34-24(30)20-5-4-10-35-20/h4-13H,14H2,1-3H3,(H,25,29)(H,27,28)/b26-13-. The molecular formula is C24H23N3O7S. The lowest BCUT2D eigenvalue weighted by Gasteiger charge is -2.14. The summed E-state index contributed by atoms with van der Waals surface area (Å²) < 4.78 is 21.0. The number of carbonyl (C=O) groups excluding carboxylic acids is 3. The number of methoxy groups -OCH3 is 3. The highest BCUT2D eigenvalue weighted by Gasteiger charge is 2.17. The predicted molar refractivity (Wildman–Crippen MR) is 130 cm³/mol. The molecule has 35 heavy (non-hydrogen) atoms. The maximum Gasteiger partial charge on any atom is 0.353 e. The lowest BCUT2D eigenvalue weighted by atomic mass is 10.1. The molecular weight excluding hydrogens is 474 g/mol. The number of hydrazone groups is 1. The molecule has 0 saturated heterocycles. The fourth-order valence-electron chi connectivity index (χ4n) is 2.87. The van der Waals surface area contributed by atoms with E-state index >= 15 is 0 Å². The third-order valence-corrected chi connectivity index (χ3v) is 5.40. The smallest absolute Gasteiger partial charge is 0.353 e. The van der Waals surface area contributed by atoms with Gasteiger partial charge in [-0.15, -0.1) is 11.3 Å². The molecule has 10 nitrogen and oxygen atoms in total. The summed E-state index contributed by atoms with van der Waals surface area (Å²) in [6, 6.07) is 13.0. The molecule has 3 aromatic rings. The Balaban J connectivity index is 1.49. The van der Waals surface area contributed by atoms with Crippen LogP contribution < -0.4 is 29.7 Å². The minimum atomic E-state index is -0.525. The quantitative estimate of drug-likeness (QED) is 0.191. The van der Waals surface area contributed by atoms with Crippen molar-refractivity contribution in [3.8, 4) is 23.0 Å². The molecule has 0 unspecified atom stereocenters. The highest BCUT2D eigenvalue weighted by atomic mass is 32.1. The van der Waals surface area contributed by atoms with E-state index in [-0.39, 0.29) is 12.1 Å². The number of thiophene rings is 1. The number of nitrogens with zero attached hydrogens (tertiary/aromatic N) is 1. The summed E-state index contributed by atoms with van der Waals surface area (Å²) in [5.41, 5.74) is 3.23. The normalized spacial score (nSPS) is 10.5. The first-order chi connectivity index (χ1) is 16.9. The molecule has 0 radical (unpaired) electrons.